The molecule has 2 N–H and O–H groups in total. The first-order chi connectivity index (χ1) is 4.54. The topological polar surface area (TPSA) is 29.3 Å². The van der Waals surface area contributed by atoms with Crippen LogP contribution in [0.1, 0.15) is 0 Å². The van der Waals surface area contributed by atoms with Gasteiger partial charge in [-0.3, -0.25) is 4.90 Å². The summed E-state index contributed by atoms with van der Waals surface area (Å²) < 4.78 is 35.2. The molecule has 0 spiro atoms. The molecule has 0 aromatic carbocycles. The Bertz CT molecular complexity index is 117. The van der Waals surface area contributed by atoms with E-state index in [0.717, 1.165) is 0 Å². The van der Waals surface area contributed by atoms with Crippen molar-refractivity contribution < 1.29 is 13.2 Å². The molecule has 5 heteroatoms. The molecular weight excluding hydrogens is 145 g/mol. The maximum atomic E-state index is 11.7. The van der Waals surface area contributed by atoms with Crippen LogP contribution in [0.15, 0.2) is 0 Å². The van der Waals surface area contributed by atoms with Crippen molar-refractivity contribution >= 4 is 0 Å². The summed E-state index contributed by atoms with van der Waals surface area (Å²) in [4.78, 5) is 1.55. The molecule has 1 aliphatic rings. The van der Waals surface area contributed by atoms with E-state index < -0.39 is 12.1 Å². The van der Waals surface area contributed by atoms with Gasteiger partial charge < -0.3 is 5.73 Å². The quantitative estimate of drug-likeness (QED) is 0.592. The summed E-state index contributed by atoms with van der Waals surface area (Å²) in [5.41, 5.74) is 5.10. The van der Waals surface area contributed by atoms with Gasteiger partial charge in [0.05, 0.1) is 5.92 Å². The molecule has 0 saturated carbocycles. The van der Waals surface area contributed by atoms with E-state index in [1.54, 1.807) is 4.90 Å². The Morgan fingerprint density at radius 1 is 1.40 bits per heavy atom. The van der Waals surface area contributed by atoms with Crippen molar-refractivity contribution in [2.45, 2.75) is 6.18 Å². The van der Waals surface area contributed by atoms with Crippen LogP contribution in [0.3, 0.4) is 0 Å². The number of alkyl halides is 3. The number of hydrogen-bond donors (Lipinski definition) is 1. The fourth-order valence-corrected chi connectivity index (χ4v) is 0.926. The lowest BCUT2D eigenvalue weighted by atomic mass is 10.0. The molecule has 1 aliphatic heterocycles. The molecule has 0 amide bonds. The van der Waals surface area contributed by atoms with Crippen LogP contribution in [0.25, 0.3) is 0 Å². The molecule has 0 aromatic rings. The van der Waals surface area contributed by atoms with Crippen LogP contribution in [0.5, 0.6) is 0 Å². The van der Waals surface area contributed by atoms with E-state index in [4.69, 9.17) is 5.73 Å². The number of likely N-dealkylation sites (tertiary alicyclic amines) is 1. The Balaban J connectivity index is 2.26. The summed E-state index contributed by atoms with van der Waals surface area (Å²) in [5, 5.41) is 0. The first-order valence-corrected chi connectivity index (χ1v) is 3.03. The molecular formula is C5H9F3N2. The minimum atomic E-state index is -4.02. The summed E-state index contributed by atoms with van der Waals surface area (Å²) in [6, 6.07) is 0. The van der Waals surface area contributed by atoms with Crippen LogP contribution in [0.2, 0.25) is 0 Å². The van der Waals surface area contributed by atoms with Crippen LogP contribution in [0.4, 0.5) is 13.2 Å². The summed E-state index contributed by atoms with van der Waals surface area (Å²) in [6.07, 6.45) is -4.02. The minimum Gasteiger partial charge on any atom is -0.318 e. The zero-order valence-electron chi connectivity index (χ0n) is 5.36. The highest BCUT2D eigenvalue weighted by Gasteiger charge is 2.46. The van der Waals surface area contributed by atoms with Gasteiger partial charge in [0.1, 0.15) is 0 Å². The SMILES string of the molecule is NCN1CC(C(F)(F)F)C1. The largest absolute Gasteiger partial charge is 0.394 e. The van der Waals surface area contributed by atoms with E-state index in [2.05, 4.69) is 0 Å². The standard InChI is InChI=1S/C5H9F3N2/c6-5(7,8)4-1-10(2-4)3-9/h4H,1-3,9H2. The van der Waals surface area contributed by atoms with Crippen molar-refractivity contribution in [3.05, 3.63) is 0 Å². The number of hydrogen-bond acceptors (Lipinski definition) is 2. The lowest BCUT2D eigenvalue weighted by Gasteiger charge is -2.38. The third kappa shape index (κ3) is 1.41. The monoisotopic (exact) mass is 154 g/mol. The Hall–Kier alpha value is -0.290. The van der Waals surface area contributed by atoms with Gasteiger partial charge in [-0.1, -0.05) is 0 Å². The molecule has 10 heavy (non-hydrogen) atoms. The van der Waals surface area contributed by atoms with Gasteiger partial charge in [0.15, 0.2) is 0 Å². The zero-order valence-corrected chi connectivity index (χ0v) is 5.36. The van der Waals surface area contributed by atoms with Crippen LogP contribution in [0, 0.1) is 5.92 Å². The lowest BCUT2D eigenvalue weighted by molar-refractivity contribution is -0.208. The van der Waals surface area contributed by atoms with Crippen molar-refractivity contribution in [2.75, 3.05) is 19.8 Å². The highest BCUT2D eigenvalue weighted by atomic mass is 19.4. The van der Waals surface area contributed by atoms with E-state index in [9.17, 15) is 13.2 Å². The van der Waals surface area contributed by atoms with Gasteiger partial charge in [0, 0.05) is 19.8 Å². The van der Waals surface area contributed by atoms with Crippen LogP contribution < -0.4 is 5.73 Å². The van der Waals surface area contributed by atoms with E-state index in [-0.39, 0.29) is 19.8 Å². The number of nitrogens with two attached hydrogens (primary N) is 1. The summed E-state index contributed by atoms with van der Waals surface area (Å²) >= 11 is 0. The van der Waals surface area contributed by atoms with E-state index in [1.807, 2.05) is 0 Å². The van der Waals surface area contributed by atoms with Gasteiger partial charge >= 0.3 is 6.18 Å². The third-order valence-corrected chi connectivity index (χ3v) is 1.68. The number of halogens is 3. The van der Waals surface area contributed by atoms with E-state index in [0.29, 0.717) is 0 Å². The van der Waals surface area contributed by atoms with Crippen molar-refractivity contribution in [3.63, 3.8) is 0 Å². The van der Waals surface area contributed by atoms with Gasteiger partial charge in [-0.2, -0.15) is 13.2 Å². The Kier molecular flexibility index (Phi) is 1.87. The third-order valence-electron chi connectivity index (χ3n) is 1.68. The number of nitrogens with zero attached hydrogens (tertiary/aromatic N) is 1. The Labute approximate surface area is 56.8 Å². The Morgan fingerprint density at radius 2 is 1.90 bits per heavy atom. The molecule has 1 fully saturated rings. The zero-order chi connectivity index (χ0) is 7.78. The molecule has 60 valence electrons. The Morgan fingerprint density at radius 3 is 2.20 bits per heavy atom. The molecule has 0 aliphatic carbocycles. The highest BCUT2D eigenvalue weighted by molar-refractivity contribution is 4.83. The normalized spacial score (nSPS) is 22.8. The molecule has 2 nitrogen and oxygen atoms in total. The average molecular weight is 154 g/mol. The second-order valence-electron chi connectivity index (χ2n) is 2.46. The molecule has 1 saturated heterocycles. The average Bonchev–Trinajstić information content (AvgIpc) is 1.57. The van der Waals surface area contributed by atoms with Crippen LogP contribution >= 0.6 is 0 Å². The first-order valence-electron chi connectivity index (χ1n) is 3.03. The predicted molar refractivity (Wildman–Crippen MR) is 30.2 cm³/mol. The summed E-state index contributed by atoms with van der Waals surface area (Å²) in [7, 11) is 0. The second-order valence-corrected chi connectivity index (χ2v) is 2.46. The molecule has 0 bridgehead atoms. The van der Waals surface area contributed by atoms with Crippen LogP contribution in [-0.4, -0.2) is 30.8 Å². The molecule has 0 atom stereocenters. The first kappa shape index (κ1) is 7.81. The van der Waals surface area contributed by atoms with E-state index >= 15 is 0 Å². The van der Waals surface area contributed by atoms with E-state index in [1.165, 1.54) is 0 Å². The van der Waals surface area contributed by atoms with Crippen molar-refractivity contribution in [1.82, 2.24) is 4.90 Å². The van der Waals surface area contributed by atoms with Crippen LogP contribution in [-0.2, 0) is 0 Å². The predicted octanol–water partition coefficient (Wildman–Crippen LogP) is 0.397. The lowest BCUT2D eigenvalue weighted by Crippen LogP contribution is -2.54. The number of rotatable bonds is 1. The van der Waals surface area contributed by atoms with Gasteiger partial charge in [-0.15, -0.1) is 0 Å². The fraction of sp³-hybridized carbons (Fsp3) is 1.00. The second kappa shape index (κ2) is 2.39. The van der Waals surface area contributed by atoms with Crippen molar-refractivity contribution in [2.24, 2.45) is 11.7 Å². The minimum absolute atomic E-state index is 0.0694. The van der Waals surface area contributed by atoms with Gasteiger partial charge in [0.2, 0.25) is 0 Å². The van der Waals surface area contributed by atoms with Crippen molar-refractivity contribution in [3.8, 4) is 0 Å². The summed E-state index contributed by atoms with van der Waals surface area (Å²) in [6.45, 7) is 0.368. The summed E-state index contributed by atoms with van der Waals surface area (Å²) in [5.74, 6) is -1.14. The molecule has 0 radical (unpaired) electrons. The van der Waals surface area contributed by atoms with Gasteiger partial charge in [-0.05, 0) is 0 Å². The van der Waals surface area contributed by atoms with Gasteiger partial charge in [-0.25, -0.2) is 0 Å². The van der Waals surface area contributed by atoms with Gasteiger partial charge in [0.25, 0.3) is 0 Å². The smallest absolute Gasteiger partial charge is 0.318 e. The maximum absolute atomic E-state index is 11.7. The maximum Gasteiger partial charge on any atom is 0.394 e. The molecule has 0 unspecified atom stereocenters. The molecule has 0 aromatic heterocycles. The molecule has 1 rings (SSSR count). The highest BCUT2D eigenvalue weighted by Crippen LogP contribution is 2.32. The van der Waals surface area contributed by atoms with Crippen molar-refractivity contribution in [1.29, 1.82) is 0 Å². The molecule has 1 heterocycles. The fourth-order valence-electron chi connectivity index (χ4n) is 0.926.